The van der Waals surface area contributed by atoms with Crippen molar-refractivity contribution in [3.63, 3.8) is 0 Å². The molecule has 2 aliphatic rings. The Balaban J connectivity index is 1.12. The van der Waals surface area contributed by atoms with Crippen molar-refractivity contribution in [2.24, 2.45) is 37.9 Å². The van der Waals surface area contributed by atoms with E-state index in [2.05, 4.69) is 235 Å². The van der Waals surface area contributed by atoms with Gasteiger partial charge in [-0.2, -0.15) is 0 Å². The molecule has 0 amide bonds. The van der Waals surface area contributed by atoms with Gasteiger partial charge < -0.3 is 18.9 Å². The van der Waals surface area contributed by atoms with Crippen molar-refractivity contribution in [2.75, 3.05) is 9.80 Å². The zero-order valence-electron chi connectivity index (χ0n) is 95.6. The fourth-order valence-electron chi connectivity index (χ4n) is 19.3. The van der Waals surface area contributed by atoms with Gasteiger partial charge in [-0.3, -0.25) is 0 Å². The van der Waals surface area contributed by atoms with Crippen LogP contribution in [-0.2, 0) is 55.6 Å². The van der Waals surface area contributed by atoms with E-state index in [9.17, 15) is 21.9 Å². The SMILES string of the molecule is [2H]c1c([2H])c([2H])c2c(c1[2H])c1cc(C(C)(C)C)ccc1n2-c1ccc2c(c1)N(c1cc(-c3cccc(C([2H])([2H])C(C)(C)C)c3)c(CC(C)(C)C)cc1-c1cccc(C([2H])([2H])C(C)(C)C)c1)c1cc(CC(C)(C)C)cc3c1B2c1ccc(-n2c4ccc(C(C)(C)C)cc4c4c([2H])c([2H])c([2H])c([2H])c42)cc1N3c1cc(-c2cccc(C([2H])([2H])C(C)(C)C)c2)c(CC(C)(C)C)cc1-c1cccc(C([2H])([2H])C(C)(C)C)c1. The Labute approximate surface area is 778 Å². The monoisotopic (exact) mass is 1670 g/mol. The Kier molecular flexibility index (Phi) is 17.4. The summed E-state index contributed by atoms with van der Waals surface area (Å²) in [6.45, 7) is 55.3. The van der Waals surface area contributed by atoms with Gasteiger partial charge in [-0.05, 0) is 290 Å². The molecule has 0 spiro atoms. The Morgan fingerprint density at radius 2 is 0.603 bits per heavy atom. The number of nitrogens with zero attached hydrogens (tertiary/aromatic N) is 4. The van der Waals surface area contributed by atoms with Crippen LogP contribution in [-0.4, -0.2) is 15.8 Å². The highest BCUT2D eigenvalue weighted by Crippen LogP contribution is 2.54. The van der Waals surface area contributed by atoms with Crippen molar-refractivity contribution < 1.29 is 21.9 Å². The Bertz CT molecular complexity index is 7250. The zero-order valence-corrected chi connectivity index (χ0v) is 79.6. The molecular weight excluding hydrogens is 1520 g/mol. The van der Waals surface area contributed by atoms with Crippen LogP contribution in [0.15, 0.2) is 255 Å². The molecule has 4 nitrogen and oxygen atoms in total. The van der Waals surface area contributed by atoms with Crippen molar-refractivity contribution in [1.29, 1.82) is 0 Å². The minimum absolute atomic E-state index is 0.170. The van der Waals surface area contributed by atoms with E-state index in [4.69, 9.17) is 0 Å². The third-order valence-electron chi connectivity index (χ3n) is 24.0. The number of hydrogen-bond acceptors (Lipinski definition) is 2. The number of anilines is 6. The Morgan fingerprint density at radius 1 is 0.270 bits per heavy atom. The minimum atomic E-state index is -1.88. The molecule has 644 valence electrons. The summed E-state index contributed by atoms with van der Waals surface area (Å²) in [5, 5.41) is 2.04. The van der Waals surface area contributed by atoms with Crippen LogP contribution in [0, 0.1) is 37.9 Å². The van der Waals surface area contributed by atoms with E-state index in [1.165, 1.54) is 0 Å². The third kappa shape index (κ3) is 17.9. The van der Waals surface area contributed by atoms with Gasteiger partial charge >= 0.3 is 0 Å². The van der Waals surface area contributed by atoms with E-state index in [1.54, 1.807) is 0 Å². The first-order chi connectivity index (χ1) is 65.4. The normalized spacial score (nSPS) is 16.0. The summed E-state index contributed by atoms with van der Waals surface area (Å²) in [5.41, 5.74) is 17.5. The molecule has 2 aromatic heterocycles. The van der Waals surface area contributed by atoms with Crippen LogP contribution < -0.4 is 26.2 Å². The van der Waals surface area contributed by atoms with Crippen LogP contribution in [0.3, 0.4) is 0 Å². The average molecular weight is 1670 g/mol. The zero-order chi connectivity index (χ0) is 104. The number of rotatable bonds is 15. The molecule has 0 unspecified atom stereocenters. The summed E-state index contributed by atoms with van der Waals surface area (Å²) in [7, 11) is 0. The fraction of sp³-hybridized carbons (Fsp3) is 0.355. The molecular formula is C121H137BN4. The summed E-state index contributed by atoms with van der Waals surface area (Å²) in [5.74, 6) is 0. The van der Waals surface area contributed by atoms with Crippen LogP contribution in [0.4, 0.5) is 34.1 Å². The summed E-state index contributed by atoms with van der Waals surface area (Å²) >= 11 is 0. The van der Waals surface area contributed by atoms with E-state index in [0.717, 1.165) is 100 Å². The molecule has 17 rings (SSSR count). The van der Waals surface area contributed by atoms with Crippen molar-refractivity contribution in [1.82, 2.24) is 9.13 Å². The van der Waals surface area contributed by atoms with Gasteiger partial charge in [0, 0.05) is 77.8 Å². The molecule has 0 saturated carbocycles. The number of fused-ring (bicyclic) bond motifs is 10. The second-order valence-corrected chi connectivity index (χ2v) is 45.8. The van der Waals surface area contributed by atoms with Gasteiger partial charge in [-0.1, -0.05) is 345 Å². The molecule has 13 aromatic carbocycles. The number of aromatic nitrogens is 2. The van der Waals surface area contributed by atoms with Crippen LogP contribution >= 0.6 is 0 Å². The lowest BCUT2D eigenvalue weighted by molar-refractivity contribution is 0.410. The Hall–Kier alpha value is -10.9. The lowest BCUT2D eigenvalue weighted by Crippen LogP contribution is -2.61. The lowest BCUT2D eigenvalue weighted by atomic mass is 9.33. The van der Waals surface area contributed by atoms with Crippen LogP contribution in [0.25, 0.3) is 99.5 Å². The molecule has 0 aliphatic carbocycles. The molecule has 2 aliphatic heterocycles. The molecule has 0 N–H and O–H groups in total. The molecule has 5 heteroatoms. The standard InChI is InChI=1S/C121H137BN4/c1-113(2,3)70-77-36-32-40-82(56-77)94-68-106(96(62-86(94)75-118(16,17)18)84-42-34-38-79(58-84)72-115(7,8)9)125-108-66-90(123-102-46-30-28-44-92(102)98-64-88(120(22,23)24)48-54-104(98)123)50-52-100(108)122-101-53-51-91(124-103-47-31-29-45-93(103)99-65-89(121(25,26)27)49-55-105(99)124)67-109(101)126(111-61-81(74-117(13,14)15)60-110(125)112(111)122)107-69-95(83-41-33-37-78(57-83)71-114(4,5)6)87(76-119(19,20)21)63-97(107)85-43-35-39-80(59-85)73-116(10,11)12/h28-69H,70-76H2,1-27H3/i28D,29D,30D,31D,44D,45D,46D,47D,70D2,71D2,72D2,73D2. The Morgan fingerprint density at radius 3 is 0.929 bits per heavy atom. The van der Waals surface area contributed by atoms with Gasteiger partial charge in [0.2, 0.25) is 0 Å². The summed E-state index contributed by atoms with van der Waals surface area (Å²) in [4.78, 5) is 4.79. The van der Waals surface area contributed by atoms with Crippen molar-refractivity contribution in [2.45, 2.75) is 243 Å². The smallest absolute Gasteiger partial charge is 0.252 e. The molecule has 126 heavy (non-hydrogen) atoms. The third-order valence-corrected chi connectivity index (χ3v) is 24.0. The van der Waals surface area contributed by atoms with Gasteiger partial charge in [0.25, 0.3) is 6.71 Å². The maximum absolute atomic E-state index is 10.2. The number of para-hydroxylation sites is 2. The van der Waals surface area contributed by atoms with Crippen molar-refractivity contribution in [3.05, 3.63) is 305 Å². The minimum Gasteiger partial charge on any atom is -0.311 e. The van der Waals surface area contributed by atoms with Crippen LogP contribution in [0.2, 0.25) is 0 Å². The highest BCUT2D eigenvalue weighted by Gasteiger charge is 2.46. The first-order valence-electron chi connectivity index (χ1n) is 53.4. The van der Waals surface area contributed by atoms with Gasteiger partial charge in [0.1, 0.15) is 0 Å². The first kappa shape index (κ1) is 69.3. The molecule has 0 saturated heterocycles. The van der Waals surface area contributed by atoms with Gasteiger partial charge in [-0.15, -0.1) is 0 Å². The van der Waals surface area contributed by atoms with E-state index in [1.807, 2.05) is 177 Å². The second kappa shape index (κ2) is 31.6. The summed E-state index contributed by atoms with van der Waals surface area (Å²) < 4.78 is 163. The molecule has 0 bridgehead atoms. The quantitative estimate of drug-likeness (QED) is 0.0951. The van der Waals surface area contributed by atoms with Crippen molar-refractivity contribution in [3.8, 4) is 55.9 Å². The highest BCUT2D eigenvalue weighted by molar-refractivity contribution is 7.00. The maximum Gasteiger partial charge on any atom is 0.252 e. The predicted octanol–water partition coefficient (Wildman–Crippen LogP) is 32.3. The van der Waals surface area contributed by atoms with E-state index < -0.39 is 59.3 Å². The number of benzene rings is 13. The molecule has 0 atom stereocenters. The van der Waals surface area contributed by atoms with E-state index in [-0.39, 0.29) is 81.0 Å². The van der Waals surface area contributed by atoms with Gasteiger partial charge in [0.15, 0.2) is 0 Å². The van der Waals surface area contributed by atoms with E-state index in [0.29, 0.717) is 108 Å². The first-order valence-corrected chi connectivity index (χ1v) is 45.4. The van der Waals surface area contributed by atoms with Gasteiger partial charge in [0.05, 0.1) is 44.4 Å². The highest BCUT2D eigenvalue weighted by atomic mass is 15.2. The predicted molar refractivity (Wildman–Crippen MR) is 550 cm³/mol. The largest absolute Gasteiger partial charge is 0.311 e. The molecule has 0 fully saturated rings. The molecule has 0 radical (unpaired) electrons. The van der Waals surface area contributed by atoms with Gasteiger partial charge in [-0.25, -0.2) is 0 Å². The molecule has 4 heterocycles. The van der Waals surface area contributed by atoms with Crippen LogP contribution in [0.1, 0.15) is 259 Å². The number of hydrogen-bond donors (Lipinski definition) is 0. The van der Waals surface area contributed by atoms with E-state index >= 15 is 0 Å². The molecule has 15 aromatic rings. The topological polar surface area (TPSA) is 16.3 Å². The van der Waals surface area contributed by atoms with Crippen molar-refractivity contribution >= 4 is 101 Å². The summed E-state index contributed by atoms with van der Waals surface area (Å²) in [6, 6.07) is 68.6. The lowest BCUT2D eigenvalue weighted by Gasteiger charge is -2.46. The average Bonchev–Trinajstić information content (AvgIpc) is 0.806. The van der Waals surface area contributed by atoms with Crippen LogP contribution in [0.5, 0.6) is 0 Å². The maximum atomic E-state index is 10.2. The fourth-order valence-corrected chi connectivity index (χ4v) is 19.3. The summed E-state index contributed by atoms with van der Waals surface area (Å²) in [6.07, 6.45) is -5.81. The second-order valence-electron chi connectivity index (χ2n) is 45.8.